The van der Waals surface area contributed by atoms with Crippen molar-refractivity contribution in [3.8, 4) is 5.75 Å². The second kappa shape index (κ2) is 8.68. The van der Waals surface area contributed by atoms with Crippen molar-refractivity contribution in [2.45, 2.75) is 12.5 Å². The number of benzene rings is 1. The van der Waals surface area contributed by atoms with Gasteiger partial charge in [0.15, 0.2) is 11.6 Å². The first kappa shape index (κ1) is 15.7. The van der Waals surface area contributed by atoms with E-state index >= 15 is 0 Å². The summed E-state index contributed by atoms with van der Waals surface area (Å²) in [5.41, 5.74) is 0.522. The molecule has 1 aromatic carbocycles. The molecule has 0 saturated heterocycles. The van der Waals surface area contributed by atoms with E-state index in [0.717, 1.165) is 0 Å². The Morgan fingerprint density at radius 3 is 2.79 bits per heavy atom. The Bertz CT molecular complexity index is 376. The highest BCUT2D eigenvalue weighted by atomic mass is 19.1. The molecule has 108 valence electrons. The van der Waals surface area contributed by atoms with Crippen molar-refractivity contribution in [3.05, 3.63) is 24.0 Å². The van der Waals surface area contributed by atoms with Crippen LogP contribution in [0.15, 0.2) is 18.2 Å². The zero-order valence-electron chi connectivity index (χ0n) is 10.9. The largest absolute Gasteiger partial charge is 0.490 e. The zero-order chi connectivity index (χ0) is 14.1. The van der Waals surface area contributed by atoms with E-state index in [0.29, 0.717) is 25.3 Å². The van der Waals surface area contributed by atoms with Gasteiger partial charge in [0.2, 0.25) is 0 Å². The standard InChI is InChI=1S/C13H20FNO4/c1-18-5-2-6-19-13-4-3-10(7-12(13)14)15-8-11(17)9-16/h3-4,7,11,15-17H,2,5-6,8-9H2,1H3. The summed E-state index contributed by atoms with van der Waals surface area (Å²) in [5, 5.41) is 20.6. The van der Waals surface area contributed by atoms with Crippen LogP contribution in [0, 0.1) is 5.82 Å². The summed E-state index contributed by atoms with van der Waals surface area (Å²) in [4.78, 5) is 0. The second-order valence-corrected chi connectivity index (χ2v) is 4.06. The lowest BCUT2D eigenvalue weighted by atomic mass is 10.2. The summed E-state index contributed by atoms with van der Waals surface area (Å²) in [7, 11) is 1.60. The molecule has 0 saturated carbocycles. The minimum Gasteiger partial charge on any atom is -0.490 e. The average Bonchev–Trinajstić information content (AvgIpc) is 2.42. The summed E-state index contributed by atoms with van der Waals surface area (Å²) >= 11 is 0. The molecule has 0 aliphatic carbocycles. The molecule has 0 aliphatic rings. The van der Waals surface area contributed by atoms with Gasteiger partial charge < -0.3 is 25.0 Å². The molecule has 1 rings (SSSR count). The number of hydrogen-bond donors (Lipinski definition) is 3. The number of rotatable bonds is 9. The van der Waals surface area contributed by atoms with E-state index in [1.54, 1.807) is 13.2 Å². The molecule has 0 heterocycles. The van der Waals surface area contributed by atoms with Crippen molar-refractivity contribution < 1.29 is 24.1 Å². The van der Waals surface area contributed by atoms with Crippen LogP contribution in [0.2, 0.25) is 0 Å². The second-order valence-electron chi connectivity index (χ2n) is 4.06. The molecule has 1 aromatic rings. The van der Waals surface area contributed by atoms with Crippen LogP contribution in [-0.4, -0.2) is 49.8 Å². The highest BCUT2D eigenvalue weighted by Crippen LogP contribution is 2.21. The van der Waals surface area contributed by atoms with E-state index < -0.39 is 11.9 Å². The summed E-state index contributed by atoms with van der Waals surface area (Å²) < 4.78 is 23.8. The van der Waals surface area contributed by atoms with Crippen LogP contribution in [0.5, 0.6) is 5.75 Å². The van der Waals surface area contributed by atoms with Crippen molar-refractivity contribution in [2.24, 2.45) is 0 Å². The van der Waals surface area contributed by atoms with Gasteiger partial charge in [0.1, 0.15) is 0 Å². The predicted octanol–water partition coefficient (Wildman–Crippen LogP) is 1.01. The van der Waals surface area contributed by atoms with Gasteiger partial charge >= 0.3 is 0 Å². The summed E-state index contributed by atoms with van der Waals surface area (Å²) in [6, 6.07) is 4.46. The first-order valence-corrected chi connectivity index (χ1v) is 6.11. The van der Waals surface area contributed by atoms with Gasteiger partial charge in [-0.25, -0.2) is 4.39 Å². The fourth-order valence-corrected chi connectivity index (χ4v) is 1.41. The molecule has 5 nitrogen and oxygen atoms in total. The van der Waals surface area contributed by atoms with Crippen molar-refractivity contribution in [2.75, 3.05) is 38.8 Å². The topological polar surface area (TPSA) is 71.0 Å². The first-order valence-electron chi connectivity index (χ1n) is 6.11. The van der Waals surface area contributed by atoms with Gasteiger partial charge in [-0.3, -0.25) is 0 Å². The smallest absolute Gasteiger partial charge is 0.167 e. The van der Waals surface area contributed by atoms with Gasteiger partial charge in [0.05, 0.1) is 19.3 Å². The molecule has 0 aromatic heterocycles. The van der Waals surface area contributed by atoms with Gasteiger partial charge in [-0.15, -0.1) is 0 Å². The Kier molecular flexibility index (Phi) is 7.17. The molecule has 3 N–H and O–H groups in total. The molecule has 1 atom stereocenters. The number of anilines is 1. The minimum absolute atomic E-state index is 0.157. The van der Waals surface area contributed by atoms with E-state index in [1.807, 2.05) is 0 Å². The van der Waals surface area contributed by atoms with Crippen LogP contribution >= 0.6 is 0 Å². The van der Waals surface area contributed by atoms with Crippen molar-refractivity contribution in [3.63, 3.8) is 0 Å². The van der Waals surface area contributed by atoms with Gasteiger partial charge in [0.25, 0.3) is 0 Å². The Morgan fingerprint density at radius 2 is 2.16 bits per heavy atom. The molecular weight excluding hydrogens is 253 g/mol. The first-order chi connectivity index (χ1) is 9.17. The normalized spacial score (nSPS) is 12.2. The van der Waals surface area contributed by atoms with Crippen LogP contribution in [0.4, 0.5) is 10.1 Å². The molecule has 19 heavy (non-hydrogen) atoms. The van der Waals surface area contributed by atoms with Crippen molar-refractivity contribution in [1.29, 1.82) is 0 Å². The SMILES string of the molecule is COCCCOc1ccc(NCC(O)CO)cc1F. The highest BCUT2D eigenvalue weighted by molar-refractivity contribution is 5.47. The van der Waals surface area contributed by atoms with Crippen LogP contribution in [-0.2, 0) is 4.74 Å². The Labute approximate surface area is 112 Å². The molecule has 0 radical (unpaired) electrons. The maximum absolute atomic E-state index is 13.7. The molecule has 0 fully saturated rings. The number of aliphatic hydroxyl groups excluding tert-OH is 2. The number of nitrogens with one attached hydrogen (secondary N) is 1. The molecule has 6 heteroatoms. The van der Waals surface area contributed by atoms with E-state index in [4.69, 9.17) is 19.7 Å². The van der Waals surface area contributed by atoms with E-state index in [9.17, 15) is 4.39 Å². The van der Waals surface area contributed by atoms with Crippen LogP contribution < -0.4 is 10.1 Å². The third-order valence-electron chi connectivity index (χ3n) is 2.43. The lowest BCUT2D eigenvalue weighted by Crippen LogP contribution is -2.22. The maximum Gasteiger partial charge on any atom is 0.167 e. The van der Waals surface area contributed by atoms with E-state index in [-0.39, 0.29) is 18.9 Å². The summed E-state index contributed by atoms with van der Waals surface area (Å²) in [6.07, 6.45) is -0.174. The van der Waals surface area contributed by atoms with Gasteiger partial charge in [-0.1, -0.05) is 0 Å². The monoisotopic (exact) mass is 273 g/mol. The Morgan fingerprint density at radius 1 is 1.37 bits per heavy atom. The van der Waals surface area contributed by atoms with Crippen LogP contribution in [0.1, 0.15) is 6.42 Å². The molecule has 0 amide bonds. The van der Waals surface area contributed by atoms with Crippen molar-refractivity contribution >= 4 is 5.69 Å². The van der Waals surface area contributed by atoms with Gasteiger partial charge in [0, 0.05) is 38.4 Å². The van der Waals surface area contributed by atoms with Gasteiger partial charge in [-0.2, -0.15) is 0 Å². The lowest BCUT2D eigenvalue weighted by molar-refractivity contribution is 0.105. The number of methoxy groups -OCH3 is 1. The number of aliphatic hydroxyl groups is 2. The van der Waals surface area contributed by atoms with Crippen LogP contribution in [0.3, 0.4) is 0 Å². The average molecular weight is 273 g/mol. The number of halogens is 1. The van der Waals surface area contributed by atoms with Crippen molar-refractivity contribution in [1.82, 2.24) is 0 Å². The number of hydrogen-bond acceptors (Lipinski definition) is 5. The highest BCUT2D eigenvalue weighted by Gasteiger charge is 2.06. The maximum atomic E-state index is 13.7. The third kappa shape index (κ3) is 5.87. The van der Waals surface area contributed by atoms with E-state index in [1.165, 1.54) is 12.1 Å². The fraction of sp³-hybridized carbons (Fsp3) is 0.538. The Hall–Kier alpha value is -1.37. The third-order valence-corrected chi connectivity index (χ3v) is 2.43. The van der Waals surface area contributed by atoms with E-state index in [2.05, 4.69) is 5.32 Å². The summed E-state index contributed by atoms with van der Waals surface area (Å²) in [6.45, 7) is 0.779. The molecule has 0 aliphatic heterocycles. The molecule has 1 unspecified atom stereocenters. The fourth-order valence-electron chi connectivity index (χ4n) is 1.41. The Balaban J connectivity index is 2.45. The molecule has 0 spiro atoms. The quantitative estimate of drug-likeness (QED) is 0.586. The predicted molar refractivity (Wildman–Crippen MR) is 70.0 cm³/mol. The molecular formula is C13H20FNO4. The zero-order valence-corrected chi connectivity index (χ0v) is 10.9. The van der Waals surface area contributed by atoms with Crippen LogP contribution in [0.25, 0.3) is 0 Å². The number of ether oxygens (including phenoxy) is 2. The minimum atomic E-state index is -0.868. The lowest BCUT2D eigenvalue weighted by Gasteiger charge is -2.12. The van der Waals surface area contributed by atoms with Gasteiger partial charge in [-0.05, 0) is 12.1 Å². The summed E-state index contributed by atoms with van der Waals surface area (Å²) in [5.74, 6) is -0.287. The molecule has 0 bridgehead atoms.